The van der Waals surface area contributed by atoms with E-state index in [2.05, 4.69) is 27.9 Å². The maximum atomic E-state index is 12.0. The number of nitrogens with zero attached hydrogens (tertiary/aromatic N) is 1. The lowest BCUT2D eigenvalue weighted by Gasteiger charge is -2.15. The van der Waals surface area contributed by atoms with Gasteiger partial charge in [-0.25, -0.2) is 0 Å². The topological polar surface area (TPSA) is 83.1 Å². The number of benzene rings is 1. The molecule has 3 rings (SSSR count). The molecule has 0 spiro atoms. The summed E-state index contributed by atoms with van der Waals surface area (Å²) < 4.78 is 6.88. The molecule has 0 saturated carbocycles. The molecule has 0 bridgehead atoms. The zero-order valence-electron chi connectivity index (χ0n) is 12.6. The maximum absolute atomic E-state index is 12.0. The van der Waals surface area contributed by atoms with Crippen LogP contribution in [0.5, 0.6) is 0 Å². The van der Waals surface area contributed by atoms with Gasteiger partial charge in [0.1, 0.15) is 23.2 Å². The van der Waals surface area contributed by atoms with E-state index < -0.39 is 11.8 Å². The van der Waals surface area contributed by atoms with Crippen molar-refractivity contribution in [1.82, 2.24) is 5.32 Å². The largest absolute Gasteiger partial charge is 0.457 e. The van der Waals surface area contributed by atoms with Gasteiger partial charge >= 0.3 is 0 Å². The van der Waals surface area contributed by atoms with Gasteiger partial charge in [0.15, 0.2) is 0 Å². The summed E-state index contributed by atoms with van der Waals surface area (Å²) in [6, 6.07) is 13.2. The van der Waals surface area contributed by atoms with Gasteiger partial charge in [0.2, 0.25) is 0 Å². The summed E-state index contributed by atoms with van der Waals surface area (Å²) in [5, 5.41) is 11.2. The molecule has 0 radical (unpaired) electrons. The normalized spacial score (nSPS) is 16.3. The molecule has 0 unspecified atom stereocenters. The van der Waals surface area contributed by atoms with Gasteiger partial charge in [-0.15, -0.1) is 0 Å². The van der Waals surface area contributed by atoms with E-state index in [1.54, 1.807) is 13.0 Å². The number of carbonyl (C=O) groups is 2. The molecule has 0 saturated heterocycles. The van der Waals surface area contributed by atoms with Crippen molar-refractivity contribution in [3.63, 3.8) is 0 Å². The summed E-state index contributed by atoms with van der Waals surface area (Å²) in [6.07, 6.45) is 1.53. The van der Waals surface area contributed by atoms with Crippen LogP contribution in [0.4, 0.5) is 0 Å². The Hall–Kier alpha value is -2.66. The Balaban J connectivity index is 1.99. The molecule has 0 aliphatic carbocycles. The number of amides is 2. The Morgan fingerprint density at radius 3 is 2.50 bits per heavy atom. The van der Waals surface area contributed by atoms with Crippen molar-refractivity contribution in [2.24, 2.45) is 0 Å². The van der Waals surface area contributed by atoms with E-state index in [1.165, 1.54) is 6.08 Å². The highest BCUT2D eigenvalue weighted by atomic mass is 127. The minimum Gasteiger partial charge on any atom is -0.457 e. The number of halogens is 1. The van der Waals surface area contributed by atoms with Crippen LogP contribution in [0.3, 0.4) is 0 Å². The monoisotopic (exact) mass is 430 g/mol. The minimum absolute atomic E-state index is 0.0646. The third kappa shape index (κ3) is 3.03. The summed E-state index contributed by atoms with van der Waals surface area (Å²) >= 11 is 2.23. The van der Waals surface area contributed by atoms with Gasteiger partial charge in [-0.1, -0.05) is 12.1 Å². The van der Waals surface area contributed by atoms with E-state index in [1.807, 2.05) is 36.4 Å². The van der Waals surface area contributed by atoms with Crippen LogP contribution < -0.4 is 5.32 Å². The lowest BCUT2D eigenvalue weighted by molar-refractivity contribution is -0.126. The fraction of sp³-hybridized carbons (Fsp3) is 0.0556. The molecule has 118 valence electrons. The van der Waals surface area contributed by atoms with Crippen molar-refractivity contribution in [3.8, 4) is 17.4 Å². The second-order valence-electron chi connectivity index (χ2n) is 5.16. The van der Waals surface area contributed by atoms with Crippen LogP contribution in [0.1, 0.15) is 12.7 Å². The molecular weight excluding hydrogens is 419 g/mol. The van der Waals surface area contributed by atoms with Crippen LogP contribution in [-0.2, 0) is 9.59 Å². The van der Waals surface area contributed by atoms with Crippen LogP contribution in [0.15, 0.2) is 57.5 Å². The Morgan fingerprint density at radius 2 is 1.83 bits per heavy atom. The van der Waals surface area contributed by atoms with Gasteiger partial charge < -0.3 is 4.42 Å². The van der Waals surface area contributed by atoms with E-state index in [-0.39, 0.29) is 11.1 Å². The van der Waals surface area contributed by atoms with Crippen molar-refractivity contribution in [3.05, 3.63) is 62.4 Å². The lowest BCUT2D eigenvalue weighted by atomic mass is 9.96. The molecule has 5 nitrogen and oxygen atoms in total. The summed E-state index contributed by atoms with van der Waals surface area (Å²) in [4.78, 5) is 23.6. The predicted molar refractivity (Wildman–Crippen MR) is 96.3 cm³/mol. The number of nitriles is 1. The zero-order chi connectivity index (χ0) is 17.3. The number of rotatable bonds is 2. The van der Waals surface area contributed by atoms with Crippen LogP contribution in [-0.4, -0.2) is 11.8 Å². The Kier molecular flexibility index (Phi) is 4.36. The predicted octanol–water partition coefficient (Wildman–Crippen LogP) is 3.43. The van der Waals surface area contributed by atoms with Crippen molar-refractivity contribution in [2.45, 2.75) is 6.92 Å². The van der Waals surface area contributed by atoms with Gasteiger partial charge in [0.05, 0.1) is 0 Å². The van der Waals surface area contributed by atoms with E-state index in [0.717, 1.165) is 9.13 Å². The van der Waals surface area contributed by atoms with Gasteiger partial charge in [-0.05, 0) is 65.4 Å². The van der Waals surface area contributed by atoms with Crippen molar-refractivity contribution >= 4 is 40.5 Å². The van der Waals surface area contributed by atoms with Crippen molar-refractivity contribution < 1.29 is 14.0 Å². The number of nitrogens with one attached hydrogen (secondary N) is 1. The lowest BCUT2D eigenvalue weighted by Crippen LogP contribution is -2.37. The van der Waals surface area contributed by atoms with E-state index >= 15 is 0 Å². The molecule has 1 aromatic carbocycles. The standard InChI is InChI=1S/C18H11IN2O3/c1-10-14(17(22)21-18(23)15(10)9-20)8-13-6-7-16(24-13)11-2-4-12(19)5-3-11/h2-8H,1H3,(H,21,22,23)/b14-8-. The number of carbonyl (C=O) groups excluding carboxylic acids is 2. The molecule has 24 heavy (non-hydrogen) atoms. The number of hydrogen-bond acceptors (Lipinski definition) is 4. The van der Waals surface area contributed by atoms with Gasteiger partial charge in [0.25, 0.3) is 11.8 Å². The van der Waals surface area contributed by atoms with Crippen LogP contribution in [0.2, 0.25) is 0 Å². The first-order valence-electron chi connectivity index (χ1n) is 7.04. The quantitative estimate of drug-likeness (QED) is 0.450. The SMILES string of the molecule is CC1=C(C#N)C(=O)NC(=O)/C1=C\c1ccc(-c2ccc(I)cc2)o1. The number of imide groups is 1. The fourth-order valence-electron chi connectivity index (χ4n) is 2.36. The Morgan fingerprint density at radius 1 is 1.12 bits per heavy atom. The van der Waals surface area contributed by atoms with Gasteiger partial charge in [-0.2, -0.15) is 5.26 Å². The smallest absolute Gasteiger partial charge is 0.269 e. The molecule has 0 fully saturated rings. The van der Waals surface area contributed by atoms with E-state index in [9.17, 15) is 9.59 Å². The van der Waals surface area contributed by atoms with Crippen LogP contribution in [0.25, 0.3) is 17.4 Å². The first-order valence-corrected chi connectivity index (χ1v) is 8.12. The first kappa shape index (κ1) is 16.2. The molecular formula is C18H11IN2O3. The second-order valence-corrected chi connectivity index (χ2v) is 6.41. The van der Waals surface area contributed by atoms with Crippen molar-refractivity contribution in [1.29, 1.82) is 5.26 Å². The van der Waals surface area contributed by atoms with Gasteiger partial charge in [0, 0.05) is 14.7 Å². The second kappa shape index (κ2) is 6.45. The van der Waals surface area contributed by atoms with Crippen LogP contribution in [0, 0.1) is 14.9 Å². The highest BCUT2D eigenvalue weighted by Crippen LogP contribution is 2.27. The van der Waals surface area contributed by atoms with E-state index in [0.29, 0.717) is 17.1 Å². The first-order chi connectivity index (χ1) is 11.5. The summed E-state index contributed by atoms with van der Waals surface area (Å²) in [5.74, 6) is -0.0627. The highest BCUT2D eigenvalue weighted by Gasteiger charge is 2.27. The number of hydrogen-bond donors (Lipinski definition) is 1. The molecule has 1 N–H and O–H groups in total. The third-order valence-corrected chi connectivity index (χ3v) is 4.35. The molecule has 1 aromatic heterocycles. The average Bonchev–Trinajstić information content (AvgIpc) is 3.01. The number of furan rings is 1. The minimum atomic E-state index is -0.670. The zero-order valence-corrected chi connectivity index (χ0v) is 14.7. The molecule has 1 aliphatic rings. The summed E-state index contributed by atoms with van der Waals surface area (Å²) in [7, 11) is 0. The highest BCUT2D eigenvalue weighted by molar-refractivity contribution is 14.1. The Labute approximate surface area is 151 Å². The molecule has 6 heteroatoms. The summed E-state index contributed by atoms with van der Waals surface area (Å²) in [6.45, 7) is 1.57. The van der Waals surface area contributed by atoms with Crippen LogP contribution >= 0.6 is 22.6 Å². The fourth-order valence-corrected chi connectivity index (χ4v) is 2.72. The average molecular weight is 430 g/mol. The molecule has 2 aromatic rings. The maximum Gasteiger partial charge on any atom is 0.269 e. The molecule has 2 amide bonds. The summed E-state index contributed by atoms with van der Waals surface area (Å²) in [5.41, 5.74) is 1.45. The Bertz CT molecular complexity index is 943. The molecule has 1 aliphatic heterocycles. The third-order valence-electron chi connectivity index (χ3n) is 3.63. The molecule has 0 atom stereocenters. The van der Waals surface area contributed by atoms with Crippen molar-refractivity contribution in [2.75, 3.05) is 0 Å². The van der Waals surface area contributed by atoms with Gasteiger partial charge in [-0.3, -0.25) is 14.9 Å². The molecule has 2 heterocycles. The van der Waals surface area contributed by atoms with E-state index in [4.69, 9.17) is 9.68 Å².